The molecule has 1 aliphatic heterocycles. The van der Waals surface area contributed by atoms with E-state index in [0.717, 1.165) is 12.8 Å². The van der Waals surface area contributed by atoms with Crippen molar-refractivity contribution in [3.63, 3.8) is 0 Å². The number of thioether (sulfide) groups is 1. The maximum Gasteiger partial charge on any atom is 0.262 e. The summed E-state index contributed by atoms with van der Waals surface area (Å²) in [6.07, 6.45) is 1.79. The lowest BCUT2D eigenvalue weighted by atomic mass is 10.1. The molecule has 1 aliphatic rings. The fraction of sp³-hybridized carbons (Fsp3) is 0.385. The van der Waals surface area contributed by atoms with Crippen LogP contribution in [0.15, 0.2) is 58.5 Å². The number of hydrogen-bond acceptors (Lipinski definition) is 6. The third kappa shape index (κ3) is 5.74. The standard InChI is InChI=1S/C26H29N3O4S/c1-17(2)14-27-24(31)19-10-11-21-22(13-19)28-26(29(25(21)32)15-20-9-6-12-33-20)34-16-23(30)18-7-4-3-5-8-18/h3-5,7-8,10-11,13,17,20H,6,9,12,14-16H2,1-2H3,(H,27,31)/t20-/m1/s1. The van der Waals surface area contributed by atoms with Crippen LogP contribution in [0.4, 0.5) is 0 Å². The Bertz CT molecular complexity index is 1230. The predicted molar refractivity (Wildman–Crippen MR) is 134 cm³/mol. The van der Waals surface area contributed by atoms with E-state index >= 15 is 0 Å². The van der Waals surface area contributed by atoms with E-state index in [2.05, 4.69) is 5.32 Å². The van der Waals surface area contributed by atoms with E-state index in [1.54, 1.807) is 34.9 Å². The molecule has 1 aromatic heterocycles. The van der Waals surface area contributed by atoms with Crippen LogP contribution in [0.2, 0.25) is 0 Å². The van der Waals surface area contributed by atoms with Crippen molar-refractivity contribution >= 4 is 34.4 Å². The lowest BCUT2D eigenvalue weighted by Crippen LogP contribution is -2.30. The molecule has 4 rings (SSSR count). The minimum atomic E-state index is -0.200. The van der Waals surface area contributed by atoms with E-state index in [9.17, 15) is 14.4 Å². The molecule has 0 radical (unpaired) electrons. The number of benzene rings is 2. The molecule has 3 aromatic rings. The van der Waals surface area contributed by atoms with Gasteiger partial charge in [0.05, 0.1) is 29.3 Å². The van der Waals surface area contributed by atoms with Crippen molar-refractivity contribution < 1.29 is 14.3 Å². The molecule has 1 fully saturated rings. The number of Topliss-reactive ketones (excluding diaryl/α,β-unsaturated/α-hetero) is 1. The molecule has 8 heteroatoms. The molecule has 0 saturated carbocycles. The quantitative estimate of drug-likeness (QED) is 0.284. The van der Waals surface area contributed by atoms with Crippen LogP contribution in [0.5, 0.6) is 0 Å². The second-order valence-electron chi connectivity index (χ2n) is 8.86. The summed E-state index contributed by atoms with van der Waals surface area (Å²) in [6, 6.07) is 14.0. The Morgan fingerprint density at radius 1 is 1.18 bits per heavy atom. The van der Waals surface area contributed by atoms with Gasteiger partial charge in [0.1, 0.15) is 0 Å². The summed E-state index contributed by atoms with van der Waals surface area (Å²) < 4.78 is 7.36. The summed E-state index contributed by atoms with van der Waals surface area (Å²) in [5.74, 6) is 0.250. The topological polar surface area (TPSA) is 90.3 Å². The number of hydrogen-bond donors (Lipinski definition) is 1. The smallest absolute Gasteiger partial charge is 0.262 e. The number of amides is 1. The first-order valence-electron chi connectivity index (χ1n) is 11.6. The summed E-state index contributed by atoms with van der Waals surface area (Å²) in [4.78, 5) is 43.4. The van der Waals surface area contributed by atoms with E-state index in [0.29, 0.717) is 52.8 Å². The SMILES string of the molecule is CC(C)CNC(=O)c1ccc2c(=O)n(C[C@H]3CCCO3)c(SCC(=O)c3ccccc3)nc2c1. The van der Waals surface area contributed by atoms with Crippen LogP contribution < -0.4 is 10.9 Å². The Kier molecular flexibility index (Phi) is 7.80. The van der Waals surface area contributed by atoms with Crippen LogP contribution in [-0.4, -0.2) is 46.2 Å². The molecule has 0 spiro atoms. The van der Waals surface area contributed by atoms with E-state index < -0.39 is 0 Å². The van der Waals surface area contributed by atoms with E-state index in [-0.39, 0.29) is 29.1 Å². The molecule has 0 bridgehead atoms. The Labute approximate surface area is 202 Å². The van der Waals surface area contributed by atoms with Gasteiger partial charge >= 0.3 is 0 Å². The third-order valence-corrected chi connectivity index (χ3v) is 6.67. The molecule has 1 amide bonds. The molecular formula is C26H29N3O4S. The minimum absolute atomic E-state index is 0.0366. The van der Waals surface area contributed by atoms with Crippen molar-refractivity contribution in [3.05, 3.63) is 70.0 Å². The first-order valence-corrected chi connectivity index (χ1v) is 12.6. The number of carbonyl (C=O) groups excluding carboxylic acids is 2. The number of ether oxygens (including phenoxy) is 1. The number of rotatable bonds is 9. The van der Waals surface area contributed by atoms with Gasteiger partial charge < -0.3 is 10.1 Å². The van der Waals surface area contributed by atoms with Gasteiger partial charge in [-0.05, 0) is 37.0 Å². The highest BCUT2D eigenvalue weighted by molar-refractivity contribution is 7.99. The zero-order valence-corrected chi connectivity index (χ0v) is 20.3. The van der Waals surface area contributed by atoms with Crippen LogP contribution in [0.3, 0.4) is 0 Å². The number of nitrogens with one attached hydrogen (secondary N) is 1. The highest BCUT2D eigenvalue weighted by Crippen LogP contribution is 2.22. The fourth-order valence-corrected chi connectivity index (χ4v) is 4.74. The van der Waals surface area contributed by atoms with Crippen molar-refractivity contribution in [2.75, 3.05) is 18.9 Å². The predicted octanol–water partition coefficient (Wildman–Crippen LogP) is 3.94. The van der Waals surface area contributed by atoms with Crippen LogP contribution in [0.1, 0.15) is 47.4 Å². The molecule has 2 aromatic carbocycles. The van der Waals surface area contributed by atoms with Gasteiger partial charge in [0.15, 0.2) is 10.9 Å². The Balaban J connectivity index is 1.66. The lowest BCUT2D eigenvalue weighted by Gasteiger charge is -2.16. The molecule has 1 atom stereocenters. The molecule has 2 heterocycles. The van der Waals surface area contributed by atoms with Gasteiger partial charge in [-0.3, -0.25) is 19.0 Å². The molecule has 34 heavy (non-hydrogen) atoms. The van der Waals surface area contributed by atoms with Gasteiger partial charge in [0, 0.05) is 24.3 Å². The van der Waals surface area contributed by atoms with E-state index in [1.165, 1.54) is 11.8 Å². The largest absolute Gasteiger partial charge is 0.376 e. The van der Waals surface area contributed by atoms with E-state index in [4.69, 9.17) is 9.72 Å². The maximum atomic E-state index is 13.4. The van der Waals surface area contributed by atoms with Crippen LogP contribution in [-0.2, 0) is 11.3 Å². The first-order chi connectivity index (χ1) is 16.4. The van der Waals surface area contributed by atoms with Crippen molar-refractivity contribution in [2.45, 2.75) is 44.5 Å². The molecule has 1 saturated heterocycles. The van der Waals surface area contributed by atoms with Crippen LogP contribution in [0, 0.1) is 5.92 Å². The van der Waals surface area contributed by atoms with Crippen molar-refractivity contribution in [1.29, 1.82) is 0 Å². The minimum Gasteiger partial charge on any atom is -0.376 e. The third-order valence-electron chi connectivity index (χ3n) is 5.69. The van der Waals surface area contributed by atoms with E-state index in [1.807, 2.05) is 32.0 Å². The van der Waals surface area contributed by atoms with Gasteiger partial charge in [0.2, 0.25) is 0 Å². The second kappa shape index (κ2) is 11.0. The number of ketones is 1. The Morgan fingerprint density at radius 3 is 2.68 bits per heavy atom. The Morgan fingerprint density at radius 2 is 1.97 bits per heavy atom. The van der Waals surface area contributed by atoms with Crippen molar-refractivity contribution in [2.24, 2.45) is 5.92 Å². The number of aromatic nitrogens is 2. The summed E-state index contributed by atoms with van der Waals surface area (Å²) in [6.45, 7) is 5.69. The summed E-state index contributed by atoms with van der Waals surface area (Å²) in [7, 11) is 0. The second-order valence-corrected chi connectivity index (χ2v) is 9.80. The van der Waals surface area contributed by atoms with Crippen molar-refractivity contribution in [3.8, 4) is 0 Å². The summed E-state index contributed by atoms with van der Waals surface area (Å²) in [5, 5.41) is 3.79. The molecular weight excluding hydrogens is 450 g/mol. The van der Waals surface area contributed by atoms with Crippen molar-refractivity contribution in [1.82, 2.24) is 14.9 Å². The van der Waals surface area contributed by atoms with Gasteiger partial charge in [-0.1, -0.05) is 55.9 Å². The lowest BCUT2D eigenvalue weighted by molar-refractivity contribution is 0.0937. The molecule has 178 valence electrons. The number of fused-ring (bicyclic) bond motifs is 1. The maximum absolute atomic E-state index is 13.4. The number of nitrogens with zero attached hydrogens (tertiary/aromatic N) is 2. The first kappa shape index (κ1) is 24.2. The van der Waals surface area contributed by atoms with Crippen LogP contribution in [0.25, 0.3) is 10.9 Å². The molecule has 0 unspecified atom stereocenters. The average Bonchev–Trinajstić information content (AvgIpc) is 3.36. The average molecular weight is 480 g/mol. The number of carbonyl (C=O) groups is 2. The zero-order chi connectivity index (χ0) is 24.1. The Hall–Kier alpha value is -2.97. The zero-order valence-electron chi connectivity index (χ0n) is 19.5. The highest BCUT2D eigenvalue weighted by Gasteiger charge is 2.21. The van der Waals surface area contributed by atoms with Gasteiger partial charge in [-0.2, -0.15) is 0 Å². The highest BCUT2D eigenvalue weighted by atomic mass is 32.2. The molecule has 7 nitrogen and oxygen atoms in total. The summed E-state index contributed by atoms with van der Waals surface area (Å²) >= 11 is 1.24. The van der Waals surface area contributed by atoms with Gasteiger partial charge in [-0.15, -0.1) is 0 Å². The molecule has 0 aliphatic carbocycles. The van der Waals surface area contributed by atoms with Gasteiger partial charge in [-0.25, -0.2) is 4.98 Å². The fourth-order valence-electron chi connectivity index (χ4n) is 3.84. The monoisotopic (exact) mass is 479 g/mol. The normalized spacial score (nSPS) is 15.7. The molecule has 1 N–H and O–H groups in total. The summed E-state index contributed by atoms with van der Waals surface area (Å²) in [5.41, 5.74) is 1.32. The van der Waals surface area contributed by atoms with Gasteiger partial charge in [0.25, 0.3) is 11.5 Å². The van der Waals surface area contributed by atoms with Crippen LogP contribution >= 0.6 is 11.8 Å².